The SMILES string of the molecule is CC/C(C)=C(\CC(C)(C)CC)c1ccc2cc(OCC(=O)OCC(F)(F)C(F)(F)F)ccc2c1. The fourth-order valence-electron chi connectivity index (χ4n) is 3.25. The van der Waals surface area contributed by atoms with E-state index in [1.54, 1.807) is 18.2 Å². The number of carbonyl (C=O) groups is 1. The van der Waals surface area contributed by atoms with Crippen molar-refractivity contribution in [3.63, 3.8) is 0 Å². The lowest BCUT2D eigenvalue weighted by molar-refractivity contribution is -0.294. The number of allylic oxidation sites excluding steroid dienone is 2. The second-order valence-corrected chi connectivity index (χ2v) is 9.18. The molecule has 188 valence electrons. The molecule has 2 aromatic carbocycles. The van der Waals surface area contributed by atoms with Crippen molar-refractivity contribution in [2.75, 3.05) is 13.2 Å². The van der Waals surface area contributed by atoms with E-state index in [2.05, 4.69) is 45.4 Å². The minimum atomic E-state index is -5.79. The maximum absolute atomic E-state index is 12.9. The molecule has 0 fully saturated rings. The highest BCUT2D eigenvalue weighted by Gasteiger charge is 2.58. The smallest absolute Gasteiger partial charge is 0.456 e. The van der Waals surface area contributed by atoms with Gasteiger partial charge in [-0.15, -0.1) is 0 Å². The van der Waals surface area contributed by atoms with Crippen molar-refractivity contribution >= 4 is 22.3 Å². The molecule has 0 aliphatic rings. The van der Waals surface area contributed by atoms with Crippen LogP contribution < -0.4 is 4.74 Å². The van der Waals surface area contributed by atoms with Crippen molar-refractivity contribution in [1.82, 2.24) is 0 Å². The van der Waals surface area contributed by atoms with Crippen LogP contribution >= 0.6 is 0 Å². The van der Waals surface area contributed by atoms with E-state index in [1.165, 1.54) is 11.1 Å². The second kappa shape index (κ2) is 10.7. The summed E-state index contributed by atoms with van der Waals surface area (Å²) in [6.45, 7) is 8.08. The first-order valence-corrected chi connectivity index (χ1v) is 11.1. The van der Waals surface area contributed by atoms with E-state index in [4.69, 9.17) is 4.74 Å². The summed E-state index contributed by atoms with van der Waals surface area (Å²) >= 11 is 0. The van der Waals surface area contributed by atoms with Crippen molar-refractivity contribution in [3.05, 3.63) is 47.5 Å². The van der Waals surface area contributed by atoms with E-state index < -0.39 is 31.3 Å². The summed E-state index contributed by atoms with van der Waals surface area (Å²) in [5.74, 6) is -6.16. The summed E-state index contributed by atoms with van der Waals surface area (Å²) < 4.78 is 71.4. The Hall–Kier alpha value is -2.64. The fraction of sp³-hybridized carbons (Fsp3) is 0.500. The Kier molecular flexibility index (Phi) is 8.72. The summed E-state index contributed by atoms with van der Waals surface area (Å²) in [7, 11) is 0. The molecule has 0 heterocycles. The van der Waals surface area contributed by atoms with Gasteiger partial charge in [-0.05, 0) is 65.3 Å². The topological polar surface area (TPSA) is 35.5 Å². The normalized spacial score (nSPS) is 13.6. The molecular formula is C26H31F5O3. The minimum absolute atomic E-state index is 0.164. The molecule has 0 aromatic heterocycles. The molecule has 8 heteroatoms. The molecule has 2 rings (SSSR count). The molecular weight excluding hydrogens is 455 g/mol. The highest BCUT2D eigenvalue weighted by atomic mass is 19.4. The highest BCUT2D eigenvalue weighted by molar-refractivity contribution is 5.88. The number of carbonyl (C=O) groups excluding carboxylic acids is 1. The maximum Gasteiger partial charge on any atom is 0.456 e. The maximum atomic E-state index is 12.9. The second-order valence-electron chi connectivity index (χ2n) is 9.18. The summed E-state index contributed by atoms with van der Waals surface area (Å²) in [4.78, 5) is 11.6. The van der Waals surface area contributed by atoms with E-state index in [9.17, 15) is 26.7 Å². The summed E-state index contributed by atoms with van der Waals surface area (Å²) in [5.41, 5.74) is 3.94. The number of hydrogen-bond acceptors (Lipinski definition) is 3. The molecule has 0 aliphatic heterocycles. The summed E-state index contributed by atoms with van der Waals surface area (Å²) in [6, 6.07) is 11.1. The molecule has 0 amide bonds. The number of alkyl halides is 5. The molecule has 0 atom stereocenters. The number of halogens is 5. The molecule has 0 saturated carbocycles. The van der Waals surface area contributed by atoms with E-state index in [0.29, 0.717) is 0 Å². The lowest BCUT2D eigenvalue weighted by Crippen LogP contribution is -2.41. The third-order valence-corrected chi connectivity index (χ3v) is 6.00. The summed E-state index contributed by atoms with van der Waals surface area (Å²) in [6.07, 6.45) is -2.84. The third-order valence-electron chi connectivity index (χ3n) is 6.00. The van der Waals surface area contributed by atoms with Gasteiger partial charge in [-0.1, -0.05) is 57.9 Å². The Labute approximate surface area is 196 Å². The predicted molar refractivity (Wildman–Crippen MR) is 123 cm³/mol. The predicted octanol–water partition coefficient (Wildman–Crippen LogP) is 7.97. The minimum Gasteiger partial charge on any atom is -0.482 e. The van der Waals surface area contributed by atoms with Crippen LogP contribution in [0.25, 0.3) is 16.3 Å². The Bertz CT molecular complexity index is 1040. The average molecular weight is 487 g/mol. The number of hydrogen-bond donors (Lipinski definition) is 0. The van der Waals surface area contributed by atoms with Crippen LogP contribution in [0.1, 0.15) is 59.4 Å². The van der Waals surface area contributed by atoms with Gasteiger partial charge in [-0.2, -0.15) is 22.0 Å². The van der Waals surface area contributed by atoms with Gasteiger partial charge in [-0.25, -0.2) is 4.79 Å². The molecule has 2 aromatic rings. The van der Waals surface area contributed by atoms with Gasteiger partial charge >= 0.3 is 18.1 Å². The zero-order valence-electron chi connectivity index (χ0n) is 20.1. The van der Waals surface area contributed by atoms with Crippen LogP contribution in [0.5, 0.6) is 5.75 Å². The van der Waals surface area contributed by atoms with Gasteiger partial charge in [0.05, 0.1) is 0 Å². The Morgan fingerprint density at radius 3 is 2.15 bits per heavy atom. The first-order chi connectivity index (χ1) is 15.7. The van der Waals surface area contributed by atoms with Crippen molar-refractivity contribution in [2.24, 2.45) is 5.41 Å². The van der Waals surface area contributed by atoms with Gasteiger partial charge in [0.15, 0.2) is 13.2 Å². The van der Waals surface area contributed by atoms with E-state index in [0.717, 1.165) is 35.6 Å². The molecule has 0 aliphatic carbocycles. The van der Waals surface area contributed by atoms with E-state index in [-0.39, 0.29) is 11.2 Å². The molecule has 34 heavy (non-hydrogen) atoms. The summed E-state index contributed by atoms with van der Waals surface area (Å²) in [5, 5.41) is 1.79. The standard InChI is InChI=1S/C26H31F5O3/c1-6-17(3)22(14-24(4,5)7-2)20-9-8-19-13-21(11-10-18(19)12-20)33-15-23(32)34-16-25(27,28)26(29,30)31/h8-13H,6-7,14-16H2,1-5H3/b22-17+. The zero-order chi connectivity index (χ0) is 25.7. The van der Waals surface area contributed by atoms with Crippen LogP contribution in [0, 0.1) is 5.41 Å². The van der Waals surface area contributed by atoms with Crippen LogP contribution in [0.15, 0.2) is 42.0 Å². The molecule has 0 N–H and O–H groups in total. The molecule has 0 spiro atoms. The Morgan fingerprint density at radius 2 is 1.56 bits per heavy atom. The third kappa shape index (κ3) is 7.18. The van der Waals surface area contributed by atoms with Crippen LogP contribution in [-0.2, 0) is 9.53 Å². The number of rotatable bonds is 10. The van der Waals surface area contributed by atoms with Gasteiger partial charge in [0.25, 0.3) is 0 Å². The quantitative estimate of drug-likeness (QED) is 0.252. The Balaban J connectivity index is 2.13. The van der Waals surface area contributed by atoms with E-state index in [1.807, 2.05) is 12.1 Å². The fourth-order valence-corrected chi connectivity index (χ4v) is 3.25. The van der Waals surface area contributed by atoms with Gasteiger partial charge < -0.3 is 9.47 Å². The van der Waals surface area contributed by atoms with Crippen molar-refractivity contribution < 1.29 is 36.2 Å². The van der Waals surface area contributed by atoms with Crippen LogP contribution in [-0.4, -0.2) is 31.3 Å². The van der Waals surface area contributed by atoms with Gasteiger partial charge in [0.2, 0.25) is 0 Å². The molecule has 0 radical (unpaired) electrons. The first-order valence-electron chi connectivity index (χ1n) is 11.1. The molecule has 0 unspecified atom stereocenters. The van der Waals surface area contributed by atoms with Crippen LogP contribution in [0.4, 0.5) is 22.0 Å². The molecule has 0 saturated heterocycles. The number of fused-ring (bicyclic) bond motifs is 1. The highest BCUT2D eigenvalue weighted by Crippen LogP contribution is 2.37. The average Bonchev–Trinajstić information content (AvgIpc) is 2.78. The monoisotopic (exact) mass is 486 g/mol. The largest absolute Gasteiger partial charge is 0.482 e. The van der Waals surface area contributed by atoms with Gasteiger partial charge in [0.1, 0.15) is 5.75 Å². The molecule has 0 bridgehead atoms. The van der Waals surface area contributed by atoms with Gasteiger partial charge in [-0.3, -0.25) is 0 Å². The van der Waals surface area contributed by atoms with Crippen molar-refractivity contribution in [1.29, 1.82) is 0 Å². The van der Waals surface area contributed by atoms with E-state index >= 15 is 0 Å². The lowest BCUT2D eigenvalue weighted by atomic mass is 9.79. The van der Waals surface area contributed by atoms with Crippen LogP contribution in [0.3, 0.4) is 0 Å². The lowest BCUT2D eigenvalue weighted by Gasteiger charge is -2.26. The zero-order valence-corrected chi connectivity index (χ0v) is 20.1. The van der Waals surface area contributed by atoms with Crippen LogP contribution in [0.2, 0.25) is 0 Å². The number of ether oxygens (including phenoxy) is 2. The molecule has 3 nitrogen and oxygen atoms in total. The number of benzene rings is 2. The Morgan fingerprint density at radius 1 is 0.941 bits per heavy atom. The van der Waals surface area contributed by atoms with Crippen molar-refractivity contribution in [3.8, 4) is 5.75 Å². The first kappa shape index (κ1) is 27.6. The van der Waals surface area contributed by atoms with Gasteiger partial charge in [0, 0.05) is 0 Å². The number of esters is 1. The van der Waals surface area contributed by atoms with Crippen molar-refractivity contribution in [2.45, 2.75) is 66.0 Å².